The standard InChI is InChI=1S/C21H21ClN4OS/c1-2-14-26-20(17-8-10-18(22)11-9-17)24-25-21(26)28-15-19(27)23-13-12-16-6-4-3-5-7-16/h2-11H,1,12-15H2,(H,23,27). The number of thioether (sulfide) groups is 1. The van der Waals surface area contributed by atoms with Gasteiger partial charge in [0, 0.05) is 23.7 Å². The number of carbonyl (C=O) groups is 1. The first kappa shape index (κ1) is 20.2. The molecule has 0 bridgehead atoms. The number of nitrogens with one attached hydrogen (secondary N) is 1. The van der Waals surface area contributed by atoms with Crippen LogP contribution in [-0.2, 0) is 17.8 Å². The number of hydrogen-bond acceptors (Lipinski definition) is 4. The predicted octanol–water partition coefficient (Wildman–Crippen LogP) is 4.24. The Morgan fingerprint density at radius 1 is 1.14 bits per heavy atom. The summed E-state index contributed by atoms with van der Waals surface area (Å²) in [5, 5.41) is 12.8. The molecule has 0 saturated heterocycles. The minimum atomic E-state index is -0.0258. The highest BCUT2D eigenvalue weighted by molar-refractivity contribution is 7.99. The van der Waals surface area contributed by atoms with Gasteiger partial charge < -0.3 is 5.32 Å². The predicted molar refractivity (Wildman–Crippen MR) is 115 cm³/mol. The van der Waals surface area contributed by atoms with E-state index in [2.05, 4.69) is 34.2 Å². The molecule has 0 aliphatic rings. The molecule has 28 heavy (non-hydrogen) atoms. The van der Waals surface area contributed by atoms with Gasteiger partial charge >= 0.3 is 0 Å². The normalized spacial score (nSPS) is 10.6. The van der Waals surface area contributed by atoms with E-state index in [-0.39, 0.29) is 11.7 Å². The molecule has 7 heteroatoms. The number of hydrogen-bond donors (Lipinski definition) is 1. The summed E-state index contributed by atoms with van der Waals surface area (Å²) in [6, 6.07) is 17.5. The highest BCUT2D eigenvalue weighted by Gasteiger charge is 2.14. The van der Waals surface area contributed by atoms with Crippen molar-refractivity contribution in [3.05, 3.63) is 77.8 Å². The fraction of sp³-hybridized carbons (Fsp3) is 0.190. The maximum absolute atomic E-state index is 12.2. The second kappa shape index (κ2) is 10.1. The third-order valence-corrected chi connectivity index (χ3v) is 5.26. The molecule has 0 spiro atoms. The molecule has 3 aromatic rings. The lowest BCUT2D eigenvalue weighted by Gasteiger charge is -2.08. The SMILES string of the molecule is C=CCn1c(SCC(=O)NCCc2ccccc2)nnc1-c1ccc(Cl)cc1. The lowest BCUT2D eigenvalue weighted by Crippen LogP contribution is -2.27. The molecule has 1 amide bonds. The highest BCUT2D eigenvalue weighted by Crippen LogP contribution is 2.25. The number of amides is 1. The van der Waals surface area contributed by atoms with E-state index in [0.29, 0.717) is 23.3 Å². The molecule has 2 aromatic carbocycles. The molecule has 0 saturated carbocycles. The van der Waals surface area contributed by atoms with E-state index in [0.717, 1.165) is 17.8 Å². The molecule has 5 nitrogen and oxygen atoms in total. The first-order valence-corrected chi connectivity index (χ1v) is 10.3. The monoisotopic (exact) mass is 412 g/mol. The van der Waals surface area contributed by atoms with Gasteiger partial charge in [-0.2, -0.15) is 0 Å². The molecular formula is C21H21ClN4OS. The third kappa shape index (κ3) is 5.47. The van der Waals surface area contributed by atoms with Crippen molar-refractivity contribution < 1.29 is 4.79 Å². The number of nitrogens with zero attached hydrogens (tertiary/aromatic N) is 3. The number of allylic oxidation sites excluding steroid dienone is 1. The Hall–Kier alpha value is -2.57. The van der Waals surface area contributed by atoms with Gasteiger partial charge in [-0.15, -0.1) is 16.8 Å². The molecule has 0 fully saturated rings. The second-order valence-corrected chi connectivity index (χ2v) is 7.47. The van der Waals surface area contributed by atoms with E-state index >= 15 is 0 Å². The minimum absolute atomic E-state index is 0.0258. The van der Waals surface area contributed by atoms with Crippen LogP contribution >= 0.6 is 23.4 Å². The van der Waals surface area contributed by atoms with Crippen molar-refractivity contribution in [2.75, 3.05) is 12.3 Å². The van der Waals surface area contributed by atoms with Gasteiger partial charge in [0.1, 0.15) is 0 Å². The smallest absolute Gasteiger partial charge is 0.230 e. The first-order chi connectivity index (χ1) is 13.7. The molecule has 1 heterocycles. The van der Waals surface area contributed by atoms with Crippen molar-refractivity contribution in [1.82, 2.24) is 20.1 Å². The maximum atomic E-state index is 12.2. The largest absolute Gasteiger partial charge is 0.355 e. The number of aromatic nitrogens is 3. The van der Waals surface area contributed by atoms with E-state index in [1.165, 1.54) is 17.3 Å². The molecule has 144 valence electrons. The average Bonchev–Trinajstić information content (AvgIpc) is 3.11. The molecule has 0 atom stereocenters. The van der Waals surface area contributed by atoms with Crippen molar-refractivity contribution in [3.8, 4) is 11.4 Å². The number of halogens is 1. The van der Waals surface area contributed by atoms with E-state index in [1.807, 2.05) is 47.0 Å². The van der Waals surface area contributed by atoms with Crippen LogP contribution in [0.4, 0.5) is 0 Å². The number of carbonyl (C=O) groups excluding carboxylic acids is 1. The Bertz CT molecular complexity index is 925. The van der Waals surface area contributed by atoms with Crippen LogP contribution < -0.4 is 5.32 Å². The zero-order valence-electron chi connectivity index (χ0n) is 15.3. The van der Waals surface area contributed by atoms with E-state index in [1.54, 1.807) is 6.08 Å². The molecule has 0 radical (unpaired) electrons. The first-order valence-electron chi connectivity index (χ1n) is 8.91. The summed E-state index contributed by atoms with van der Waals surface area (Å²) in [7, 11) is 0. The molecule has 0 aliphatic heterocycles. The fourth-order valence-corrected chi connectivity index (χ4v) is 3.58. The van der Waals surface area contributed by atoms with E-state index < -0.39 is 0 Å². The van der Waals surface area contributed by atoms with Crippen molar-refractivity contribution in [3.63, 3.8) is 0 Å². The van der Waals surface area contributed by atoms with Crippen LogP contribution in [0.5, 0.6) is 0 Å². The number of rotatable bonds is 9. The summed E-state index contributed by atoms with van der Waals surface area (Å²) in [4.78, 5) is 12.2. The lowest BCUT2D eigenvalue weighted by atomic mass is 10.1. The van der Waals surface area contributed by atoms with Crippen molar-refractivity contribution in [1.29, 1.82) is 0 Å². The van der Waals surface area contributed by atoms with Crippen molar-refractivity contribution in [2.45, 2.75) is 18.1 Å². The third-order valence-electron chi connectivity index (χ3n) is 4.04. The van der Waals surface area contributed by atoms with Crippen LogP contribution in [0, 0.1) is 0 Å². The maximum Gasteiger partial charge on any atom is 0.230 e. The molecule has 0 unspecified atom stereocenters. The van der Waals surface area contributed by atoms with Crippen LogP contribution in [0.15, 0.2) is 72.4 Å². The quantitative estimate of drug-likeness (QED) is 0.422. The van der Waals surface area contributed by atoms with Gasteiger partial charge in [0.05, 0.1) is 5.75 Å². The molecule has 3 rings (SSSR count). The summed E-state index contributed by atoms with van der Waals surface area (Å²) < 4.78 is 1.94. The van der Waals surface area contributed by atoms with E-state index in [9.17, 15) is 4.79 Å². The number of benzene rings is 2. The van der Waals surface area contributed by atoms with Crippen molar-refractivity contribution in [2.24, 2.45) is 0 Å². The minimum Gasteiger partial charge on any atom is -0.355 e. The van der Waals surface area contributed by atoms with Gasteiger partial charge in [0.25, 0.3) is 0 Å². The Labute approximate surface area is 173 Å². The molecular weight excluding hydrogens is 392 g/mol. The Morgan fingerprint density at radius 2 is 1.89 bits per heavy atom. The van der Waals surface area contributed by atoms with Crippen LogP contribution in [0.3, 0.4) is 0 Å². The summed E-state index contributed by atoms with van der Waals surface area (Å²) in [5.74, 6) is 0.982. The van der Waals surface area contributed by atoms with E-state index in [4.69, 9.17) is 11.6 Å². The summed E-state index contributed by atoms with van der Waals surface area (Å²) in [6.07, 6.45) is 2.59. The molecule has 1 N–H and O–H groups in total. The summed E-state index contributed by atoms with van der Waals surface area (Å²) >= 11 is 7.33. The Morgan fingerprint density at radius 3 is 2.61 bits per heavy atom. The summed E-state index contributed by atoms with van der Waals surface area (Å²) in [5.41, 5.74) is 2.12. The summed E-state index contributed by atoms with van der Waals surface area (Å²) in [6.45, 7) is 4.97. The van der Waals surface area contributed by atoms with Crippen molar-refractivity contribution >= 4 is 29.3 Å². The van der Waals surface area contributed by atoms with Gasteiger partial charge in [-0.3, -0.25) is 9.36 Å². The van der Waals surface area contributed by atoms with Crippen LogP contribution in [0.1, 0.15) is 5.56 Å². The van der Waals surface area contributed by atoms with Gasteiger partial charge in [0.2, 0.25) is 5.91 Å². The Balaban J connectivity index is 1.58. The van der Waals surface area contributed by atoms with Crippen LogP contribution in [0.2, 0.25) is 5.02 Å². The lowest BCUT2D eigenvalue weighted by molar-refractivity contribution is -0.118. The zero-order valence-corrected chi connectivity index (χ0v) is 16.9. The van der Waals surface area contributed by atoms with Gasteiger partial charge in [0.15, 0.2) is 11.0 Å². The van der Waals surface area contributed by atoms with Crippen LogP contribution in [-0.4, -0.2) is 33.0 Å². The second-order valence-electron chi connectivity index (χ2n) is 6.09. The molecule has 0 aliphatic carbocycles. The highest BCUT2D eigenvalue weighted by atomic mass is 35.5. The Kier molecular flexibility index (Phi) is 7.28. The van der Waals surface area contributed by atoms with Gasteiger partial charge in [-0.1, -0.05) is 59.8 Å². The van der Waals surface area contributed by atoms with Crippen LogP contribution in [0.25, 0.3) is 11.4 Å². The van der Waals surface area contributed by atoms with Gasteiger partial charge in [-0.05, 0) is 36.2 Å². The zero-order chi connectivity index (χ0) is 19.8. The van der Waals surface area contributed by atoms with Gasteiger partial charge in [-0.25, -0.2) is 0 Å². The molecule has 1 aromatic heterocycles. The fourth-order valence-electron chi connectivity index (χ4n) is 2.67. The average molecular weight is 413 g/mol. The topological polar surface area (TPSA) is 59.8 Å².